The summed E-state index contributed by atoms with van der Waals surface area (Å²) in [5.41, 5.74) is 1.38. The van der Waals surface area contributed by atoms with Crippen LogP contribution in [0.15, 0.2) is 24.3 Å². The zero-order valence-corrected chi connectivity index (χ0v) is 28.4. The summed E-state index contributed by atoms with van der Waals surface area (Å²) in [5.74, 6) is 0. The molecule has 1 amide bonds. The first kappa shape index (κ1) is 33.3. The first-order valence-corrected chi connectivity index (χ1v) is 18.9. The standard InChI is InChI=1S/C30H49NO6S2Si/c1-29(2,3)36-27(32)31-19-23(37-40(8,9)30(4,5)6)18-24(31)26(35-28(38)39-7)22-15-13-21(14-16-22)20-34-25-12-10-11-17-33-25/h13-16,23-26H,10-12,17-20H2,1-9H3/t23-,24+,25?,26?/m1/s1. The lowest BCUT2D eigenvalue weighted by molar-refractivity contribution is -0.168. The van der Waals surface area contributed by atoms with Crippen LogP contribution in [0.4, 0.5) is 4.79 Å². The summed E-state index contributed by atoms with van der Waals surface area (Å²) in [6.07, 6.45) is 4.62. The number of carbonyl (C=O) groups is 1. The lowest BCUT2D eigenvalue weighted by atomic mass is 9.98. The zero-order valence-electron chi connectivity index (χ0n) is 25.8. The van der Waals surface area contributed by atoms with Crippen molar-refractivity contribution in [1.29, 1.82) is 0 Å². The average molecular weight is 612 g/mol. The van der Waals surface area contributed by atoms with Crippen LogP contribution >= 0.6 is 24.0 Å². The van der Waals surface area contributed by atoms with Crippen molar-refractivity contribution in [2.75, 3.05) is 19.4 Å². The second-order valence-corrected chi connectivity index (χ2v) is 19.4. The van der Waals surface area contributed by atoms with Gasteiger partial charge in [0.1, 0.15) is 11.7 Å². The van der Waals surface area contributed by atoms with Crippen LogP contribution in [0.5, 0.6) is 0 Å². The molecule has 0 bridgehead atoms. The van der Waals surface area contributed by atoms with Gasteiger partial charge in [0.2, 0.25) is 4.38 Å². The number of hydrogen-bond donors (Lipinski definition) is 0. The highest BCUT2D eigenvalue weighted by molar-refractivity contribution is 8.22. The van der Waals surface area contributed by atoms with Gasteiger partial charge in [0.15, 0.2) is 14.6 Å². The largest absolute Gasteiger partial charge is 0.468 e. The Morgan fingerprint density at radius 3 is 2.38 bits per heavy atom. The molecule has 2 saturated heterocycles. The third-order valence-corrected chi connectivity index (χ3v) is 13.4. The fourth-order valence-corrected chi connectivity index (χ4v) is 6.34. The molecule has 2 aliphatic rings. The van der Waals surface area contributed by atoms with Gasteiger partial charge in [-0.15, -0.1) is 0 Å². The minimum Gasteiger partial charge on any atom is -0.468 e. The minimum atomic E-state index is -2.07. The van der Waals surface area contributed by atoms with E-state index in [1.54, 1.807) is 4.90 Å². The summed E-state index contributed by atoms with van der Waals surface area (Å²) in [5, 5.41) is 0.0543. The quantitative estimate of drug-likeness (QED) is 0.218. The van der Waals surface area contributed by atoms with Crippen molar-refractivity contribution in [2.45, 2.75) is 122 Å². The molecule has 0 N–H and O–H groups in total. The van der Waals surface area contributed by atoms with Crippen LogP contribution in [-0.2, 0) is 30.0 Å². The molecule has 0 saturated carbocycles. The topological polar surface area (TPSA) is 66.5 Å². The Hall–Kier alpha value is -1.17. The maximum Gasteiger partial charge on any atom is 0.410 e. The van der Waals surface area contributed by atoms with Crippen LogP contribution < -0.4 is 0 Å². The van der Waals surface area contributed by atoms with E-state index in [1.165, 1.54) is 11.8 Å². The molecule has 1 aromatic rings. The minimum absolute atomic E-state index is 0.0543. The molecule has 2 unspecified atom stereocenters. The van der Waals surface area contributed by atoms with Crippen molar-refractivity contribution in [1.82, 2.24) is 4.90 Å². The van der Waals surface area contributed by atoms with Gasteiger partial charge in [-0.25, -0.2) is 4.79 Å². The third-order valence-electron chi connectivity index (χ3n) is 7.82. The van der Waals surface area contributed by atoms with Crippen molar-refractivity contribution in [3.63, 3.8) is 0 Å². The first-order chi connectivity index (χ1) is 18.6. The van der Waals surface area contributed by atoms with Crippen LogP contribution in [-0.4, -0.2) is 67.1 Å². The molecule has 10 heteroatoms. The molecule has 7 nitrogen and oxygen atoms in total. The Morgan fingerprint density at radius 1 is 1.15 bits per heavy atom. The van der Waals surface area contributed by atoms with Crippen LogP contribution in [0.2, 0.25) is 18.1 Å². The molecule has 3 rings (SSSR count). The highest BCUT2D eigenvalue weighted by atomic mass is 32.2. The number of benzene rings is 1. The average Bonchev–Trinajstić information content (AvgIpc) is 3.28. The second-order valence-electron chi connectivity index (χ2n) is 13.3. The normalized spacial score (nSPS) is 23.1. The van der Waals surface area contributed by atoms with Gasteiger partial charge >= 0.3 is 6.09 Å². The van der Waals surface area contributed by atoms with E-state index in [0.29, 0.717) is 24.0 Å². The maximum atomic E-state index is 13.5. The van der Waals surface area contributed by atoms with Gasteiger partial charge < -0.3 is 23.4 Å². The number of rotatable bonds is 8. The van der Waals surface area contributed by atoms with Crippen molar-refractivity contribution >= 4 is 42.8 Å². The molecule has 40 heavy (non-hydrogen) atoms. The number of carbonyl (C=O) groups excluding carboxylic acids is 1. The van der Waals surface area contributed by atoms with E-state index < -0.39 is 20.0 Å². The fourth-order valence-electron chi connectivity index (χ4n) is 4.68. The third kappa shape index (κ3) is 9.42. The molecule has 2 heterocycles. The van der Waals surface area contributed by atoms with Crippen LogP contribution in [0.3, 0.4) is 0 Å². The molecule has 1 aromatic carbocycles. The lowest BCUT2D eigenvalue weighted by Gasteiger charge is -2.38. The lowest BCUT2D eigenvalue weighted by Crippen LogP contribution is -2.45. The first-order valence-electron chi connectivity index (χ1n) is 14.3. The van der Waals surface area contributed by atoms with E-state index in [-0.39, 0.29) is 29.6 Å². The van der Waals surface area contributed by atoms with E-state index in [1.807, 2.05) is 51.3 Å². The predicted octanol–water partition coefficient (Wildman–Crippen LogP) is 7.84. The number of amides is 1. The Morgan fingerprint density at radius 2 is 1.82 bits per heavy atom. The van der Waals surface area contributed by atoms with E-state index in [2.05, 4.69) is 33.9 Å². The molecule has 0 aromatic heterocycles. The number of nitrogens with zero attached hydrogens (tertiary/aromatic N) is 1. The van der Waals surface area contributed by atoms with Crippen molar-refractivity contribution < 1.29 is 28.2 Å². The van der Waals surface area contributed by atoms with Gasteiger partial charge in [-0.3, -0.25) is 4.90 Å². The summed E-state index contributed by atoms with van der Waals surface area (Å²) >= 11 is 6.90. The Bertz CT molecular complexity index is 985. The molecule has 0 spiro atoms. The smallest absolute Gasteiger partial charge is 0.410 e. The molecule has 226 valence electrons. The summed E-state index contributed by atoms with van der Waals surface area (Å²) < 4.78 is 31.1. The van der Waals surface area contributed by atoms with Crippen LogP contribution in [0, 0.1) is 0 Å². The predicted molar refractivity (Wildman–Crippen MR) is 168 cm³/mol. The van der Waals surface area contributed by atoms with Gasteiger partial charge in [0.05, 0.1) is 18.8 Å². The van der Waals surface area contributed by atoms with Crippen LogP contribution in [0.1, 0.15) is 84.5 Å². The van der Waals surface area contributed by atoms with Gasteiger partial charge in [0, 0.05) is 13.2 Å². The molecular formula is C30H49NO6S2Si. The number of likely N-dealkylation sites (tertiary alicyclic amines) is 1. The van der Waals surface area contributed by atoms with Crippen molar-refractivity contribution in [3.05, 3.63) is 35.4 Å². The Labute approximate surface area is 252 Å². The Kier molecular flexibility index (Phi) is 11.6. The second kappa shape index (κ2) is 13.9. The number of thiocarbonyl (C=S) groups is 1. The van der Waals surface area contributed by atoms with Gasteiger partial charge in [-0.2, -0.15) is 0 Å². The molecule has 2 fully saturated rings. The highest BCUT2D eigenvalue weighted by Gasteiger charge is 2.47. The molecule has 0 aliphatic carbocycles. The summed E-state index contributed by atoms with van der Waals surface area (Å²) in [6, 6.07) is 7.89. The Balaban J connectivity index is 1.86. The van der Waals surface area contributed by atoms with Gasteiger partial charge in [-0.1, -0.05) is 56.8 Å². The SMILES string of the molecule is CSC(=S)OC(c1ccc(COC2CCCCO2)cc1)[C@@H]1C[C@@H](O[Si](C)(C)C(C)(C)C)CN1C(=O)OC(C)(C)C. The maximum absolute atomic E-state index is 13.5. The summed E-state index contributed by atoms with van der Waals surface area (Å²) in [6.45, 7) is 18.5. The number of thioether (sulfide) groups is 1. The number of ether oxygens (including phenoxy) is 4. The fraction of sp³-hybridized carbons (Fsp3) is 0.733. The molecule has 2 aliphatic heterocycles. The molecular weight excluding hydrogens is 563 g/mol. The van der Waals surface area contributed by atoms with Gasteiger partial charge in [-0.05, 0) is 94.2 Å². The monoisotopic (exact) mass is 611 g/mol. The van der Waals surface area contributed by atoms with Crippen molar-refractivity contribution in [2.24, 2.45) is 0 Å². The van der Waals surface area contributed by atoms with Gasteiger partial charge in [0.25, 0.3) is 0 Å². The molecule has 4 atom stereocenters. The highest BCUT2D eigenvalue weighted by Crippen LogP contribution is 2.41. The zero-order chi connectivity index (χ0) is 29.7. The van der Waals surface area contributed by atoms with E-state index >= 15 is 0 Å². The van der Waals surface area contributed by atoms with Crippen molar-refractivity contribution in [3.8, 4) is 0 Å². The number of hydrogen-bond acceptors (Lipinski definition) is 8. The summed E-state index contributed by atoms with van der Waals surface area (Å²) in [4.78, 5) is 15.3. The van der Waals surface area contributed by atoms with E-state index in [9.17, 15) is 4.79 Å². The van der Waals surface area contributed by atoms with Crippen LogP contribution in [0.25, 0.3) is 0 Å². The van der Waals surface area contributed by atoms with E-state index in [4.69, 9.17) is 35.6 Å². The van der Waals surface area contributed by atoms with E-state index in [0.717, 1.165) is 37.0 Å². The summed E-state index contributed by atoms with van der Waals surface area (Å²) in [7, 11) is -2.07. The molecule has 0 radical (unpaired) electrons.